The first-order valence-corrected chi connectivity index (χ1v) is 7.79. The zero-order chi connectivity index (χ0) is 16.1. The smallest absolute Gasteiger partial charge is 0.462 e. The molecule has 0 aromatic rings. The van der Waals surface area contributed by atoms with Gasteiger partial charge in [0.05, 0.1) is 5.92 Å². The Labute approximate surface area is 120 Å². The zero-order valence-corrected chi connectivity index (χ0v) is 11.9. The van der Waals surface area contributed by atoms with Gasteiger partial charge in [0.1, 0.15) is 13.2 Å². The van der Waals surface area contributed by atoms with Crippen molar-refractivity contribution in [3.05, 3.63) is 0 Å². The minimum absolute atomic E-state index is 0.242. The molecule has 0 unspecified atom stereocenters. The van der Waals surface area contributed by atoms with E-state index in [9.17, 15) is 26.8 Å². The summed E-state index contributed by atoms with van der Waals surface area (Å²) in [5.41, 5.74) is 0. The monoisotopic (exact) mass is 330 g/mol. The summed E-state index contributed by atoms with van der Waals surface area (Å²) in [7, 11) is -5.89. The lowest BCUT2D eigenvalue weighted by Gasteiger charge is -2.19. The van der Waals surface area contributed by atoms with Crippen molar-refractivity contribution in [1.29, 1.82) is 0 Å². The molecule has 21 heavy (non-hydrogen) atoms. The Morgan fingerprint density at radius 3 is 2.14 bits per heavy atom. The molecular weight excluding hydrogens is 314 g/mol. The van der Waals surface area contributed by atoms with Crippen molar-refractivity contribution in [3.63, 3.8) is 0 Å². The first kappa shape index (κ1) is 17.8. The van der Waals surface area contributed by atoms with Crippen molar-refractivity contribution in [1.82, 2.24) is 0 Å². The molecule has 1 N–H and O–H groups in total. The molecular formula is C11H16F2O7S. The third kappa shape index (κ3) is 4.88. The van der Waals surface area contributed by atoms with E-state index in [1.54, 1.807) is 0 Å². The third-order valence-electron chi connectivity index (χ3n) is 3.06. The van der Waals surface area contributed by atoms with Crippen molar-refractivity contribution in [2.24, 2.45) is 5.92 Å². The highest BCUT2D eigenvalue weighted by Gasteiger charge is 2.54. The van der Waals surface area contributed by atoms with Gasteiger partial charge in [0.2, 0.25) is 0 Å². The second-order valence-corrected chi connectivity index (χ2v) is 6.09. The molecule has 1 aliphatic rings. The minimum atomic E-state index is -5.89. The van der Waals surface area contributed by atoms with Gasteiger partial charge in [-0.3, -0.25) is 9.35 Å². The van der Waals surface area contributed by atoms with E-state index in [1.165, 1.54) is 0 Å². The van der Waals surface area contributed by atoms with Crippen LogP contribution < -0.4 is 0 Å². The molecule has 10 heteroatoms. The van der Waals surface area contributed by atoms with Gasteiger partial charge in [0, 0.05) is 0 Å². The summed E-state index contributed by atoms with van der Waals surface area (Å²) >= 11 is 0. The third-order valence-corrected chi connectivity index (χ3v) is 3.88. The number of halogens is 2. The summed E-state index contributed by atoms with van der Waals surface area (Å²) in [4.78, 5) is 22.4. The molecule has 0 amide bonds. The van der Waals surface area contributed by atoms with Gasteiger partial charge in [-0.1, -0.05) is 19.3 Å². The maximum Gasteiger partial charge on any atom is 0.465 e. The summed E-state index contributed by atoms with van der Waals surface area (Å²) in [6, 6.07) is 0. The van der Waals surface area contributed by atoms with E-state index in [0.29, 0.717) is 12.8 Å². The van der Waals surface area contributed by atoms with Crippen LogP contribution in [0.4, 0.5) is 8.78 Å². The van der Waals surface area contributed by atoms with Crippen molar-refractivity contribution >= 4 is 22.1 Å². The van der Waals surface area contributed by atoms with Crippen molar-refractivity contribution < 1.29 is 40.8 Å². The van der Waals surface area contributed by atoms with Gasteiger partial charge in [-0.05, 0) is 12.8 Å². The Morgan fingerprint density at radius 2 is 1.62 bits per heavy atom. The first-order valence-electron chi connectivity index (χ1n) is 6.35. The normalized spacial score (nSPS) is 17.3. The van der Waals surface area contributed by atoms with Crippen LogP contribution >= 0.6 is 0 Å². The van der Waals surface area contributed by atoms with E-state index in [2.05, 4.69) is 4.74 Å². The van der Waals surface area contributed by atoms with Crippen LogP contribution in [0.25, 0.3) is 0 Å². The number of esters is 2. The highest BCUT2D eigenvalue weighted by molar-refractivity contribution is 7.87. The maximum atomic E-state index is 12.8. The van der Waals surface area contributed by atoms with Crippen LogP contribution in [0.5, 0.6) is 0 Å². The number of alkyl halides is 2. The fraction of sp³-hybridized carbons (Fsp3) is 0.818. The van der Waals surface area contributed by atoms with E-state index in [0.717, 1.165) is 19.3 Å². The lowest BCUT2D eigenvalue weighted by atomic mass is 9.89. The van der Waals surface area contributed by atoms with Gasteiger partial charge < -0.3 is 9.47 Å². The van der Waals surface area contributed by atoms with Crippen molar-refractivity contribution in [2.45, 2.75) is 37.4 Å². The van der Waals surface area contributed by atoms with Crippen LogP contribution in [0.2, 0.25) is 0 Å². The van der Waals surface area contributed by atoms with Crippen LogP contribution in [0, 0.1) is 5.92 Å². The zero-order valence-electron chi connectivity index (χ0n) is 11.1. The van der Waals surface area contributed by atoms with Gasteiger partial charge >= 0.3 is 27.3 Å². The molecule has 0 heterocycles. The fourth-order valence-corrected chi connectivity index (χ4v) is 2.19. The molecule has 122 valence electrons. The van der Waals surface area contributed by atoms with Crippen LogP contribution in [-0.4, -0.2) is 43.4 Å². The van der Waals surface area contributed by atoms with Gasteiger partial charge in [-0.25, -0.2) is 4.79 Å². The molecule has 1 aliphatic carbocycles. The van der Waals surface area contributed by atoms with Gasteiger partial charge in [-0.15, -0.1) is 0 Å². The fourth-order valence-electron chi connectivity index (χ4n) is 1.92. The van der Waals surface area contributed by atoms with Gasteiger partial charge in [-0.2, -0.15) is 17.2 Å². The van der Waals surface area contributed by atoms with E-state index < -0.39 is 40.5 Å². The molecule has 0 aromatic heterocycles. The number of carbonyl (C=O) groups is 2. The highest BCUT2D eigenvalue weighted by Crippen LogP contribution is 2.25. The molecule has 1 fully saturated rings. The molecule has 0 atom stereocenters. The molecule has 7 nitrogen and oxygen atoms in total. The number of hydrogen-bond acceptors (Lipinski definition) is 6. The highest BCUT2D eigenvalue weighted by atomic mass is 32.2. The Morgan fingerprint density at radius 1 is 1.10 bits per heavy atom. The molecule has 1 saturated carbocycles. The van der Waals surface area contributed by atoms with Crippen LogP contribution in [0.3, 0.4) is 0 Å². The molecule has 0 aromatic carbocycles. The van der Waals surface area contributed by atoms with E-state index in [4.69, 9.17) is 9.29 Å². The topological polar surface area (TPSA) is 107 Å². The lowest BCUT2D eigenvalue weighted by Crippen LogP contribution is -2.39. The number of carbonyl (C=O) groups excluding carboxylic acids is 2. The van der Waals surface area contributed by atoms with Crippen LogP contribution in [0.15, 0.2) is 0 Å². The molecule has 0 spiro atoms. The second-order valence-electron chi connectivity index (χ2n) is 4.63. The molecule has 0 radical (unpaired) electrons. The standard InChI is InChI=1S/C11H16F2O7S/c12-11(13,21(16,17)18)10(15)20-7-6-19-9(14)8-4-2-1-3-5-8/h8H,1-7H2,(H,16,17,18). The average molecular weight is 330 g/mol. The summed E-state index contributed by atoms with van der Waals surface area (Å²) in [6.07, 6.45) is 4.26. The van der Waals surface area contributed by atoms with Crippen LogP contribution in [-0.2, 0) is 29.2 Å². The second kappa shape index (κ2) is 7.12. The van der Waals surface area contributed by atoms with Gasteiger partial charge in [0.25, 0.3) is 0 Å². The molecule has 0 saturated heterocycles. The maximum absolute atomic E-state index is 12.8. The largest absolute Gasteiger partial charge is 0.465 e. The van der Waals surface area contributed by atoms with E-state index >= 15 is 0 Å². The minimum Gasteiger partial charge on any atom is -0.462 e. The predicted molar refractivity (Wildman–Crippen MR) is 65.0 cm³/mol. The summed E-state index contributed by atoms with van der Waals surface area (Å²) in [5.74, 6) is -3.15. The number of ether oxygens (including phenoxy) is 2. The predicted octanol–water partition coefficient (Wildman–Crippen LogP) is 1.13. The molecule has 0 bridgehead atoms. The van der Waals surface area contributed by atoms with Crippen molar-refractivity contribution in [3.8, 4) is 0 Å². The lowest BCUT2D eigenvalue weighted by molar-refractivity contribution is -0.166. The summed E-state index contributed by atoms with van der Waals surface area (Å²) in [6.45, 7) is -1.18. The Bertz CT molecular complexity index is 483. The summed E-state index contributed by atoms with van der Waals surface area (Å²) < 4.78 is 63.0. The van der Waals surface area contributed by atoms with Crippen molar-refractivity contribution in [2.75, 3.05) is 13.2 Å². The van der Waals surface area contributed by atoms with Gasteiger partial charge in [0.15, 0.2) is 0 Å². The van der Waals surface area contributed by atoms with Crippen LogP contribution in [0.1, 0.15) is 32.1 Å². The Balaban J connectivity index is 2.31. The number of rotatable bonds is 6. The van der Waals surface area contributed by atoms with E-state index in [-0.39, 0.29) is 5.92 Å². The first-order chi connectivity index (χ1) is 9.66. The molecule has 1 rings (SSSR count). The Kier molecular flexibility index (Phi) is 6.02. The SMILES string of the molecule is O=C(OCCOC(=O)C(F)(F)S(=O)(=O)O)C1CCCCC1. The van der Waals surface area contributed by atoms with E-state index in [1.807, 2.05) is 0 Å². The average Bonchev–Trinajstić information content (AvgIpc) is 2.42. The number of hydrogen-bond donors (Lipinski definition) is 1. The molecule has 0 aliphatic heterocycles. The quantitative estimate of drug-likeness (QED) is 0.442. The Hall–Kier alpha value is -1.29. The summed E-state index contributed by atoms with van der Waals surface area (Å²) in [5, 5.41) is -5.04.